The number of ether oxygens (including phenoxy) is 3. The molecule has 0 saturated carbocycles. The number of rotatable bonds is 11. The topological polar surface area (TPSA) is 103 Å². The zero-order valence-corrected chi connectivity index (χ0v) is 22.6. The van der Waals surface area contributed by atoms with Crippen LogP contribution in [-0.4, -0.2) is 41.6 Å². The molecule has 0 radical (unpaired) electrons. The molecule has 1 heterocycles. The molecule has 4 aromatic rings. The maximum absolute atomic E-state index is 12.3. The Kier molecular flexibility index (Phi) is 8.69. The third-order valence-corrected chi connectivity index (χ3v) is 6.97. The summed E-state index contributed by atoms with van der Waals surface area (Å²) in [6.07, 6.45) is 0.595. The molecule has 3 aromatic carbocycles. The second-order valence-corrected chi connectivity index (χ2v) is 9.58. The van der Waals surface area contributed by atoms with E-state index in [1.165, 1.54) is 10.8 Å². The number of aromatic nitrogens is 2. The fourth-order valence-electron chi connectivity index (χ4n) is 4.64. The summed E-state index contributed by atoms with van der Waals surface area (Å²) in [5, 5.41) is 11.2. The molecule has 0 aliphatic heterocycles. The first-order valence-electron chi connectivity index (χ1n) is 12.8. The highest BCUT2D eigenvalue weighted by Crippen LogP contribution is 2.42. The molecule has 0 saturated heterocycles. The summed E-state index contributed by atoms with van der Waals surface area (Å²) < 4.78 is 18.9. The van der Waals surface area contributed by atoms with Crippen LogP contribution >= 0.6 is 0 Å². The highest BCUT2D eigenvalue weighted by atomic mass is 16.5. The molecular weight excluding hydrogens is 496 g/mol. The Balaban J connectivity index is 1.73. The lowest BCUT2D eigenvalue weighted by molar-refractivity contribution is -0.0554. The van der Waals surface area contributed by atoms with E-state index in [9.17, 15) is 14.7 Å². The SMILES string of the molecule is COc1ccc(C(OC[C@H](O)[C@@H](C)Cn2cc(C)c(=O)[nH]c2=O)(c2ccccc2)c2ccc(OC)cc2)cc1. The van der Waals surface area contributed by atoms with Gasteiger partial charge in [0.1, 0.15) is 17.1 Å². The van der Waals surface area contributed by atoms with Crippen molar-refractivity contribution in [1.82, 2.24) is 9.55 Å². The first kappa shape index (κ1) is 27.9. The smallest absolute Gasteiger partial charge is 0.328 e. The van der Waals surface area contributed by atoms with Crippen LogP contribution < -0.4 is 20.7 Å². The van der Waals surface area contributed by atoms with Crippen LogP contribution in [-0.2, 0) is 16.9 Å². The Morgan fingerprint density at radius 3 is 1.87 bits per heavy atom. The molecule has 0 aliphatic rings. The summed E-state index contributed by atoms with van der Waals surface area (Å²) in [7, 11) is 3.23. The fourth-order valence-corrected chi connectivity index (χ4v) is 4.64. The highest BCUT2D eigenvalue weighted by Gasteiger charge is 2.38. The van der Waals surface area contributed by atoms with Crippen molar-refractivity contribution in [2.24, 2.45) is 5.92 Å². The Morgan fingerprint density at radius 2 is 1.36 bits per heavy atom. The molecule has 0 unspecified atom stereocenters. The summed E-state index contributed by atoms with van der Waals surface area (Å²) in [6.45, 7) is 3.67. The van der Waals surface area contributed by atoms with Gasteiger partial charge in [-0.15, -0.1) is 0 Å². The summed E-state index contributed by atoms with van der Waals surface area (Å²) in [4.78, 5) is 26.4. The molecule has 8 heteroatoms. The van der Waals surface area contributed by atoms with E-state index in [0.29, 0.717) is 17.1 Å². The van der Waals surface area contributed by atoms with Gasteiger partial charge in [0.25, 0.3) is 5.56 Å². The van der Waals surface area contributed by atoms with E-state index in [4.69, 9.17) is 14.2 Å². The average Bonchev–Trinajstić information content (AvgIpc) is 2.97. The van der Waals surface area contributed by atoms with Crippen molar-refractivity contribution in [1.29, 1.82) is 0 Å². The normalized spacial score (nSPS) is 13.1. The van der Waals surface area contributed by atoms with Crippen LogP contribution in [0.25, 0.3) is 0 Å². The van der Waals surface area contributed by atoms with Gasteiger partial charge in [0, 0.05) is 24.2 Å². The zero-order chi connectivity index (χ0) is 28.0. The predicted molar refractivity (Wildman–Crippen MR) is 149 cm³/mol. The van der Waals surface area contributed by atoms with Crippen LogP contribution in [0.15, 0.2) is 94.6 Å². The average molecular weight is 531 g/mol. The lowest BCUT2D eigenvalue weighted by atomic mass is 9.80. The molecule has 204 valence electrons. The standard InChI is InChI=1S/C31H34N2O6/c1-21(18-33-19-22(2)29(35)32-30(33)36)28(34)20-39-31(23-8-6-5-7-9-23,24-10-14-26(37-3)15-11-24)25-12-16-27(38-4)17-13-25/h5-17,19,21,28,34H,18,20H2,1-4H3,(H,32,35,36)/t21-,28-/m0/s1. The van der Waals surface area contributed by atoms with E-state index in [0.717, 1.165) is 16.7 Å². The Morgan fingerprint density at radius 1 is 0.846 bits per heavy atom. The van der Waals surface area contributed by atoms with Gasteiger partial charge in [-0.25, -0.2) is 4.79 Å². The minimum absolute atomic E-state index is 0.0226. The number of aromatic amines is 1. The quantitative estimate of drug-likeness (QED) is 0.286. The number of nitrogens with one attached hydrogen (secondary N) is 1. The first-order valence-corrected chi connectivity index (χ1v) is 12.8. The molecule has 0 aliphatic carbocycles. The lowest BCUT2D eigenvalue weighted by Gasteiger charge is -2.37. The zero-order valence-electron chi connectivity index (χ0n) is 22.6. The third-order valence-electron chi connectivity index (χ3n) is 6.97. The number of benzene rings is 3. The number of aliphatic hydroxyl groups excluding tert-OH is 1. The number of nitrogens with zero attached hydrogens (tertiary/aromatic N) is 1. The van der Waals surface area contributed by atoms with Crippen LogP contribution in [0.4, 0.5) is 0 Å². The molecule has 8 nitrogen and oxygen atoms in total. The largest absolute Gasteiger partial charge is 0.497 e. The van der Waals surface area contributed by atoms with E-state index in [1.807, 2.05) is 85.8 Å². The number of hydrogen-bond donors (Lipinski definition) is 2. The van der Waals surface area contributed by atoms with Crippen molar-refractivity contribution in [2.45, 2.75) is 32.1 Å². The summed E-state index contributed by atoms with van der Waals surface area (Å²) in [5.41, 5.74) is 1.02. The molecule has 4 rings (SSSR count). The van der Waals surface area contributed by atoms with Crippen molar-refractivity contribution in [3.05, 3.63) is 128 Å². The van der Waals surface area contributed by atoms with E-state index in [-0.39, 0.29) is 19.1 Å². The van der Waals surface area contributed by atoms with Gasteiger partial charge in [0.15, 0.2) is 0 Å². The maximum atomic E-state index is 12.3. The van der Waals surface area contributed by atoms with E-state index < -0.39 is 23.0 Å². The maximum Gasteiger partial charge on any atom is 0.328 e. The summed E-state index contributed by atoms with van der Waals surface area (Å²) >= 11 is 0. The molecule has 0 spiro atoms. The number of aryl methyl sites for hydroxylation is 1. The second kappa shape index (κ2) is 12.1. The molecule has 39 heavy (non-hydrogen) atoms. The summed E-state index contributed by atoms with van der Waals surface area (Å²) in [5.74, 6) is 1.07. The molecule has 2 N–H and O–H groups in total. The van der Waals surface area contributed by atoms with Gasteiger partial charge >= 0.3 is 5.69 Å². The van der Waals surface area contributed by atoms with Crippen LogP contribution in [0.1, 0.15) is 29.2 Å². The van der Waals surface area contributed by atoms with Crippen LogP contribution in [0.5, 0.6) is 11.5 Å². The number of methoxy groups -OCH3 is 2. The molecule has 1 aromatic heterocycles. The van der Waals surface area contributed by atoms with Crippen molar-refractivity contribution in [3.8, 4) is 11.5 Å². The Hall–Kier alpha value is -4.14. The van der Waals surface area contributed by atoms with Gasteiger partial charge in [-0.2, -0.15) is 0 Å². The Bertz CT molecular complexity index is 1430. The second-order valence-electron chi connectivity index (χ2n) is 9.58. The van der Waals surface area contributed by atoms with Gasteiger partial charge in [0.05, 0.1) is 26.9 Å². The summed E-state index contributed by atoms with van der Waals surface area (Å²) in [6, 6.07) is 25.2. The van der Waals surface area contributed by atoms with Crippen LogP contribution in [0.3, 0.4) is 0 Å². The van der Waals surface area contributed by atoms with Crippen molar-refractivity contribution in [3.63, 3.8) is 0 Å². The highest BCUT2D eigenvalue weighted by molar-refractivity contribution is 5.49. The molecule has 2 atom stereocenters. The number of aliphatic hydroxyl groups is 1. The molecular formula is C31H34N2O6. The van der Waals surface area contributed by atoms with Crippen molar-refractivity contribution >= 4 is 0 Å². The van der Waals surface area contributed by atoms with Crippen LogP contribution in [0, 0.1) is 12.8 Å². The van der Waals surface area contributed by atoms with Crippen LogP contribution in [0.2, 0.25) is 0 Å². The predicted octanol–water partition coefficient (Wildman–Crippen LogP) is 3.87. The molecule has 0 bridgehead atoms. The van der Waals surface area contributed by atoms with Gasteiger partial charge in [-0.1, -0.05) is 61.5 Å². The monoisotopic (exact) mass is 530 g/mol. The van der Waals surface area contributed by atoms with Crippen molar-refractivity contribution in [2.75, 3.05) is 20.8 Å². The minimum Gasteiger partial charge on any atom is -0.497 e. The lowest BCUT2D eigenvalue weighted by Crippen LogP contribution is -2.39. The van der Waals surface area contributed by atoms with E-state index >= 15 is 0 Å². The van der Waals surface area contributed by atoms with Gasteiger partial charge in [-0.3, -0.25) is 14.3 Å². The van der Waals surface area contributed by atoms with Crippen molar-refractivity contribution < 1.29 is 19.3 Å². The molecule has 0 amide bonds. The van der Waals surface area contributed by atoms with Gasteiger partial charge in [0.2, 0.25) is 0 Å². The Labute approximate surface area is 227 Å². The number of H-pyrrole nitrogens is 1. The van der Waals surface area contributed by atoms with Gasteiger partial charge in [-0.05, 0) is 47.9 Å². The van der Waals surface area contributed by atoms with E-state index in [1.54, 1.807) is 21.1 Å². The number of hydrogen-bond acceptors (Lipinski definition) is 6. The van der Waals surface area contributed by atoms with Gasteiger partial charge < -0.3 is 19.3 Å². The molecule has 0 fully saturated rings. The first-order chi connectivity index (χ1) is 18.8. The fraction of sp³-hybridized carbons (Fsp3) is 0.290. The minimum atomic E-state index is -1.06. The third kappa shape index (κ3) is 5.97. The van der Waals surface area contributed by atoms with E-state index in [2.05, 4.69) is 4.98 Å².